The van der Waals surface area contributed by atoms with Gasteiger partial charge in [0.2, 0.25) is 0 Å². The molecule has 1 nitrogen and oxygen atoms in total. The quantitative estimate of drug-likeness (QED) is 0.652. The Hall–Kier alpha value is -0.770. The molecule has 0 N–H and O–H groups in total. The Bertz CT molecular complexity index is 606. The van der Waals surface area contributed by atoms with Crippen molar-refractivity contribution in [3.8, 4) is 0 Å². The zero-order valence-electron chi connectivity index (χ0n) is 8.20. The second-order valence-corrected chi connectivity index (χ2v) is 5.73. The summed E-state index contributed by atoms with van der Waals surface area (Å²) in [6.07, 6.45) is 3.51. The van der Waals surface area contributed by atoms with Crippen LogP contribution in [0.15, 0.2) is 34.0 Å². The molecule has 1 aromatic carbocycles. The minimum Gasteiger partial charge on any atom is -0.346 e. The zero-order valence-corrected chi connectivity index (χ0v) is 10.4. The Morgan fingerprint density at radius 1 is 1.27 bits per heavy atom. The van der Waals surface area contributed by atoms with E-state index in [1.165, 1.54) is 29.4 Å². The first kappa shape index (κ1) is 8.39. The number of halogens is 1. The van der Waals surface area contributed by atoms with Crippen molar-refractivity contribution in [1.82, 2.24) is 4.57 Å². The van der Waals surface area contributed by atoms with Gasteiger partial charge in [-0.15, -0.1) is 0 Å². The van der Waals surface area contributed by atoms with E-state index in [1.54, 1.807) is 9.15 Å². The normalized spacial score (nSPS) is 22.9. The highest BCUT2D eigenvalue weighted by atomic mass is 127. The van der Waals surface area contributed by atoms with E-state index in [9.17, 15) is 0 Å². The van der Waals surface area contributed by atoms with Crippen LogP contribution in [0.5, 0.6) is 0 Å². The number of aromatic nitrogens is 1. The highest BCUT2D eigenvalue weighted by molar-refractivity contribution is 14.1. The highest BCUT2D eigenvalue weighted by Gasteiger charge is 2.34. The van der Waals surface area contributed by atoms with E-state index >= 15 is 0 Å². The predicted molar refractivity (Wildman–Crippen MR) is 71.0 cm³/mol. The molecule has 0 saturated heterocycles. The highest BCUT2D eigenvalue weighted by Crippen LogP contribution is 2.50. The lowest BCUT2D eigenvalue weighted by molar-refractivity contribution is 0.518. The van der Waals surface area contributed by atoms with E-state index in [2.05, 4.69) is 57.6 Å². The van der Waals surface area contributed by atoms with Gasteiger partial charge in [0.1, 0.15) is 0 Å². The summed E-state index contributed by atoms with van der Waals surface area (Å²) in [4.78, 5) is 0. The van der Waals surface area contributed by atoms with Crippen molar-refractivity contribution in [3.63, 3.8) is 0 Å². The first-order valence-electron chi connectivity index (χ1n) is 5.31. The molecule has 1 aromatic heterocycles. The molecule has 4 rings (SSSR count). The predicted octanol–water partition coefficient (Wildman–Crippen LogP) is 3.82. The minimum absolute atomic E-state index is 0.780. The topological polar surface area (TPSA) is 4.93 Å². The lowest BCUT2D eigenvalue weighted by atomic mass is 9.78. The first-order chi connectivity index (χ1) is 7.34. The average Bonchev–Trinajstić information content (AvgIpc) is 2.62. The van der Waals surface area contributed by atoms with Crippen LogP contribution < -0.4 is 0 Å². The number of para-hydroxylation sites is 1. The number of hydrogen-bond acceptors (Lipinski definition) is 0. The van der Waals surface area contributed by atoms with Gasteiger partial charge in [-0.3, -0.25) is 0 Å². The van der Waals surface area contributed by atoms with Gasteiger partial charge in [-0.25, -0.2) is 0 Å². The van der Waals surface area contributed by atoms with Crippen molar-refractivity contribution in [2.75, 3.05) is 0 Å². The third kappa shape index (κ3) is 0.936. The van der Waals surface area contributed by atoms with Crippen LogP contribution in [0.3, 0.4) is 0 Å². The fraction of sp³-hybridized carbons (Fsp3) is 0.231. The van der Waals surface area contributed by atoms with Crippen LogP contribution in [0.4, 0.5) is 0 Å². The summed E-state index contributed by atoms with van der Waals surface area (Å²) in [5.74, 6) is 0.780. The SMILES string of the molecule is IC1=C2c3cccc4ccn(c34)CC2C1. The molecule has 2 aromatic rings. The molecular formula is C13H10IN. The van der Waals surface area contributed by atoms with Crippen LogP contribution in [0, 0.1) is 5.92 Å². The lowest BCUT2D eigenvalue weighted by Gasteiger charge is -2.36. The number of benzene rings is 1. The van der Waals surface area contributed by atoms with Crippen LogP contribution in [-0.4, -0.2) is 4.57 Å². The molecular weight excluding hydrogens is 297 g/mol. The summed E-state index contributed by atoms with van der Waals surface area (Å²) in [6.45, 7) is 1.18. The minimum atomic E-state index is 0.780. The Labute approximate surface area is 102 Å². The molecule has 0 amide bonds. The molecule has 74 valence electrons. The van der Waals surface area contributed by atoms with Gasteiger partial charge in [0.15, 0.2) is 0 Å². The van der Waals surface area contributed by atoms with E-state index in [4.69, 9.17) is 0 Å². The largest absolute Gasteiger partial charge is 0.346 e. The molecule has 0 spiro atoms. The molecule has 2 aliphatic rings. The van der Waals surface area contributed by atoms with E-state index in [0.717, 1.165) is 5.92 Å². The van der Waals surface area contributed by atoms with Gasteiger partial charge in [-0.05, 0) is 44.2 Å². The molecule has 0 saturated carbocycles. The number of rotatable bonds is 0. The zero-order chi connectivity index (χ0) is 9.99. The van der Waals surface area contributed by atoms with Gasteiger partial charge in [0.25, 0.3) is 0 Å². The van der Waals surface area contributed by atoms with Crippen LogP contribution in [0.2, 0.25) is 0 Å². The molecule has 2 heterocycles. The molecule has 1 aliphatic carbocycles. The molecule has 2 heteroatoms. The third-order valence-corrected chi connectivity index (χ3v) is 4.64. The number of fused-ring (bicyclic) bond motifs is 2. The van der Waals surface area contributed by atoms with E-state index in [-0.39, 0.29) is 0 Å². The summed E-state index contributed by atoms with van der Waals surface area (Å²) in [5, 5.41) is 1.38. The molecule has 0 bridgehead atoms. The number of allylic oxidation sites excluding steroid dienone is 2. The summed E-state index contributed by atoms with van der Waals surface area (Å²) in [7, 11) is 0. The van der Waals surface area contributed by atoms with Crippen molar-refractivity contribution in [2.24, 2.45) is 5.92 Å². The van der Waals surface area contributed by atoms with Crippen molar-refractivity contribution in [1.29, 1.82) is 0 Å². The van der Waals surface area contributed by atoms with Gasteiger partial charge in [-0.2, -0.15) is 0 Å². The van der Waals surface area contributed by atoms with Crippen LogP contribution in [-0.2, 0) is 6.54 Å². The summed E-state index contributed by atoms with van der Waals surface area (Å²) in [6, 6.07) is 8.90. The fourth-order valence-electron chi connectivity index (χ4n) is 2.91. The lowest BCUT2D eigenvalue weighted by Crippen LogP contribution is -2.24. The molecule has 15 heavy (non-hydrogen) atoms. The van der Waals surface area contributed by atoms with Gasteiger partial charge < -0.3 is 4.57 Å². The summed E-state index contributed by atoms with van der Waals surface area (Å²) >= 11 is 2.50. The molecule has 1 aliphatic heterocycles. The van der Waals surface area contributed by atoms with Gasteiger partial charge in [0.05, 0.1) is 5.52 Å². The smallest absolute Gasteiger partial charge is 0.0557 e. The van der Waals surface area contributed by atoms with Crippen LogP contribution in [0.25, 0.3) is 16.5 Å². The summed E-state index contributed by atoms with van der Waals surface area (Å²) < 4.78 is 3.99. The van der Waals surface area contributed by atoms with Crippen molar-refractivity contribution in [3.05, 3.63) is 39.6 Å². The number of hydrogen-bond donors (Lipinski definition) is 0. The monoisotopic (exact) mass is 307 g/mol. The maximum Gasteiger partial charge on any atom is 0.0557 e. The summed E-state index contributed by atoms with van der Waals surface area (Å²) in [5.41, 5.74) is 4.54. The average molecular weight is 307 g/mol. The van der Waals surface area contributed by atoms with E-state index < -0.39 is 0 Å². The second kappa shape index (κ2) is 2.67. The Balaban J connectivity index is 2.19. The van der Waals surface area contributed by atoms with E-state index in [1.807, 2.05) is 0 Å². The van der Waals surface area contributed by atoms with Crippen molar-refractivity contribution in [2.45, 2.75) is 13.0 Å². The Kier molecular flexibility index (Phi) is 1.49. The molecule has 0 radical (unpaired) electrons. The standard InChI is InChI=1S/C13H10IN/c14-11-6-9-7-15-5-4-8-2-1-3-10(12(9)11)13(8)15/h1-5,9H,6-7H2. The Morgan fingerprint density at radius 2 is 2.20 bits per heavy atom. The second-order valence-electron chi connectivity index (χ2n) is 4.43. The number of nitrogens with zero attached hydrogens (tertiary/aromatic N) is 1. The van der Waals surface area contributed by atoms with E-state index in [0.29, 0.717) is 0 Å². The third-order valence-electron chi connectivity index (χ3n) is 3.62. The molecule has 1 unspecified atom stereocenters. The van der Waals surface area contributed by atoms with Crippen molar-refractivity contribution < 1.29 is 0 Å². The maximum atomic E-state index is 2.50. The molecule has 0 fully saturated rings. The van der Waals surface area contributed by atoms with Crippen molar-refractivity contribution >= 4 is 39.1 Å². The van der Waals surface area contributed by atoms with Gasteiger partial charge >= 0.3 is 0 Å². The molecule has 1 atom stereocenters. The fourth-order valence-corrected chi connectivity index (χ4v) is 4.17. The van der Waals surface area contributed by atoms with Crippen LogP contribution in [0.1, 0.15) is 12.0 Å². The first-order valence-corrected chi connectivity index (χ1v) is 6.39. The Morgan fingerprint density at radius 3 is 3.07 bits per heavy atom. The maximum absolute atomic E-state index is 2.50. The van der Waals surface area contributed by atoms with Gasteiger partial charge in [0, 0.05) is 29.6 Å². The van der Waals surface area contributed by atoms with Gasteiger partial charge in [-0.1, -0.05) is 18.2 Å². The van der Waals surface area contributed by atoms with Crippen LogP contribution >= 0.6 is 22.6 Å².